The molecule has 1 unspecified atom stereocenters. The molecule has 1 N–H and O–H groups in total. The van der Waals surface area contributed by atoms with Crippen molar-refractivity contribution in [2.24, 2.45) is 5.10 Å². The highest BCUT2D eigenvalue weighted by molar-refractivity contribution is 9.10. The van der Waals surface area contributed by atoms with E-state index in [2.05, 4.69) is 31.4 Å². The monoisotopic (exact) mass is 430 g/mol. The number of carbonyl (C=O) groups excluding carboxylic acids is 1. The Morgan fingerprint density at radius 1 is 1.44 bits per heavy atom. The molecular formula is C19H19BrN4O3. The van der Waals surface area contributed by atoms with Crippen LogP contribution in [0.5, 0.6) is 0 Å². The molecule has 2 aromatic rings. The predicted molar refractivity (Wildman–Crippen MR) is 107 cm³/mol. The second-order valence-electron chi connectivity index (χ2n) is 6.02. The number of allylic oxidation sites excluding steroid dienone is 1. The zero-order valence-corrected chi connectivity index (χ0v) is 16.6. The predicted octanol–water partition coefficient (Wildman–Crippen LogP) is 3.11. The molecule has 0 saturated heterocycles. The largest absolute Gasteiger partial charge is 0.462 e. The Balaban J connectivity index is 1.86. The lowest BCUT2D eigenvalue weighted by molar-refractivity contribution is 0.0522. The van der Waals surface area contributed by atoms with E-state index in [0.29, 0.717) is 17.9 Å². The number of carbonyl (C=O) groups is 1. The Labute approximate surface area is 164 Å². The Kier molecular flexibility index (Phi) is 5.85. The average molecular weight is 431 g/mol. The van der Waals surface area contributed by atoms with Gasteiger partial charge in [-0.2, -0.15) is 5.10 Å². The first-order chi connectivity index (χ1) is 13.0. The summed E-state index contributed by atoms with van der Waals surface area (Å²) >= 11 is 3.39. The third kappa shape index (κ3) is 4.16. The first kappa shape index (κ1) is 19.0. The number of hydrazone groups is 1. The van der Waals surface area contributed by atoms with Crippen molar-refractivity contribution in [3.05, 3.63) is 68.3 Å². The van der Waals surface area contributed by atoms with Crippen molar-refractivity contribution in [1.29, 1.82) is 0 Å². The molecule has 0 aliphatic carbocycles. The van der Waals surface area contributed by atoms with Crippen molar-refractivity contribution in [3.8, 4) is 0 Å². The molecule has 1 aliphatic heterocycles. The van der Waals surface area contributed by atoms with Gasteiger partial charge in [0.25, 0.3) is 5.56 Å². The number of rotatable bonds is 5. The van der Waals surface area contributed by atoms with E-state index in [4.69, 9.17) is 4.74 Å². The van der Waals surface area contributed by atoms with Crippen LogP contribution in [0.3, 0.4) is 0 Å². The van der Waals surface area contributed by atoms with Crippen molar-refractivity contribution < 1.29 is 9.53 Å². The number of aromatic nitrogens is 2. The first-order valence-electron chi connectivity index (χ1n) is 8.55. The molecule has 0 bridgehead atoms. The quantitative estimate of drug-likeness (QED) is 0.447. The van der Waals surface area contributed by atoms with Crippen LogP contribution in [0.2, 0.25) is 0 Å². The SMILES string of the molecule is CCOC(=O)c1cnc2n(c1=O)C(C)CC=C2N/N=C/c1ccc(Br)cc1. The first-order valence-corrected chi connectivity index (χ1v) is 9.34. The van der Waals surface area contributed by atoms with Crippen LogP contribution in [-0.2, 0) is 4.74 Å². The number of ether oxygens (including phenoxy) is 1. The highest BCUT2D eigenvalue weighted by Crippen LogP contribution is 2.23. The van der Waals surface area contributed by atoms with Crippen LogP contribution < -0.4 is 11.0 Å². The minimum absolute atomic E-state index is 0.0629. The maximum absolute atomic E-state index is 12.7. The number of hydrogen-bond donors (Lipinski definition) is 1. The van der Waals surface area contributed by atoms with Crippen LogP contribution in [0.1, 0.15) is 48.1 Å². The molecule has 1 aromatic heterocycles. The van der Waals surface area contributed by atoms with Gasteiger partial charge in [-0.1, -0.05) is 34.1 Å². The van der Waals surface area contributed by atoms with Crippen LogP contribution in [-0.4, -0.2) is 28.3 Å². The summed E-state index contributed by atoms with van der Waals surface area (Å²) in [7, 11) is 0. The molecule has 27 heavy (non-hydrogen) atoms. The van der Waals surface area contributed by atoms with Crippen molar-refractivity contribution in [2.45, 2.75) is 26.3 Å². The fraction of sp³-hybridized carbons (Fsp3) is 0.263. The van der Waals surface area contributed by atoms with Crippen LogP contribution in [0.4, 0.5) is 0 Å². The lowest BCUT2D eigenvalue weighted by atomic mass is 10.1. The van der Waals surface area contributed by atoms with Crippen LogP contribution >= 0.6 is 15.9 Å². The van der Waals surface area contributed by atoms with Gasteiger partial charge in [-0.15, -0.1) is 0 Å². The molecule has 1 aromatic carbocycles. The van der Waals surface area contributed by atoms with E-state index in [1.165, 1.54) is 10.8 Å². The normalized spacial score (nSPS) is 16.0. The molecule has 1 atom stereocenters. The Morgan fingerprint density at radius 2 is 2.19 bits per heavy atom. The Morgan fingerprint density at radius 3 is 2.89 bits per heavy atom. The number of nitrogens with one attached hydrogen (secondary N) is 1. The van der Waals surface area contributed by atoms with E-state index >= 15 is 0 Å². The minimum Gasteiger partial charge on any atom is -0.462 e. The number of halogens is 1. The van der Waals surface area contributed by atoms with Gasteiger partial charge in [-0.05, 0) is 38.0 Å². The lowest BCUT2D eigenvalue weighted by Gasteiger charge is -2.24. The van der Waals surface area contributed by atoms with E-state index in [-0.39, 0.29) is 18.2 Å². The number of fused-ring (bicyclic) bond motifs is 1. The van der Waals surface area contributed by atoms with Gasteiger partial charge in [0, 0.05) is 16.7 Å². The summed E-state index contributed by atoms with van der Waals surface area (Å²) in [5, 5.41) is 4.23. The highest BCUT2D eigenvalue weighted by Gasteiger charge is 2.24. The van der Waals surface area contributed by atoms with Crippen LogP contribution in [0.25, 0.3) is 5.70 Å². The summed E-state index contributed by atoms with van der Waals surface area (Å²) in [6, 6.07) is 7.59. The van der Waals surface area contributed by atoms with Gasteiger partial charge >= 0.3 is 5.97 Å². The smallest absolute Gasteiger partial charge is 0.345 e. The van der Waals surface area contributed by atoms with E-state index in [0.717, 1.165) is 10.0 Å². The molecular weight excluding hydrogens is 412 g/mol. The molecule has 3 rings (SSSR count). The third-order valence-electron chi connectivity index (χ3n) is 4.10. The van der Waals surface area contributed by atoms with Gasteiger partial charge in [0.15, 0.2) is 5.82 Å². The summed E-state index contributed by atoms with van der Waals surface area (Å²) < 4.78 is 7.43. The molecule has 0 spiro atoms. The van der Waals surface area contributed by atoms with E-state index < -0.39 is 11.5 Å². The topological polar surface area (TPSA) is 85.6 Å². The zero-order chi connectivity index (χ0) is 19.4. The minimum atomic E-state index is -0.658. The zero-order valence-electron chi connectivity index (χ0n) is 15.0. The van der Waals surface area contributed by atoms with E-state index in [1.54, 1.807) is 13.1 Å². The molecule has 8 heteroatoms. The molecule has 140 valence electrons. The van der Waals surface area contributed by atoms with Crippen LogP contribution in [0.15, 0.2) is 50.9 Å². The van der Waals surface area contributed by atoms with Crippen molar-refractivity contribution in [2.75, 3.05) is 6.61 Å². The molecule has 0 fully saturated rings. The summed E-state index contributed by atoms with van der Waals surface area (Å²) in [6.07, 6.45) is 5.51. The molecule has 0 radical (unpaired) electrons. The highest BCUT2D eigenvalue weighted by atomic mass is 79.9. The van der Waals surface area contributed by atoms with Crippen LogP contribution in [0, 0.1) is 0 Å². The molecule has 1 aliphatic rings. The fourth-order valence-corrected chi connectivity index (χ4v) is 3.00. The maximum Gasteiger partial charge on any atom is 0.345 e. The molecule has 7 nitrogen and oxygen atoms in total. The van der Waals surface area contributed by atoms with Gasteiger partial charge in [0.05, 0.1) is 18.5 Å². The van der Waals surface area contributed by atoms with Gasteiger partial charge in [0.1, 0.15) is 5.56 Å². The third-order valence-corrected chi connectivity index (χ3v) is 4.63. The number of esters is 1. The average Bonchev–Trinajstić information content (AvgIpc) is 2.65. The molecule has 2 heterocycles. The van der Waals surface area contributed by atoms with Gasteiger partial charge < -0.3 is 4.74 Å². The Bertz CT molecular complexity index is 964. The van der Waals surface area contributed by atoms with E-state index in [9.17, 15) is 9.59 Å². The van der Waals surface area contributed by atoms with E-state index in [1.807, 2.05) is 37.3 Å². The lowest BCUT2D eigenvalue weighted by Crippen LogP contribution is -2.35. The van der Waals surface area contributed by atoms with Crippen molar-refractivity contribution in [1.82, 2.24) is 15.0 Å². The van der Waals surface area contributed by atoms with Gasteiger partial charge in [0.2, 0.25) is 0 Å². The van der Waals surface area contributed by atoms with Gasteiger partial charge in [-0.25, -0.2) is 9.78 Å². The number of nitrogens with zero attached hydrogens (tertiary/aromatic N) is 3. The standard InChI is InChI=1S/C19H19BrN4O3/c1-3-27-19(26)15-11-21-17-16(9-4-12(2)24(17)18(15)25)23-22-10-13-5-7-14(20)8-6-13/h5-12,23H,3-4H2,1-2H3/b22-10+. The summed E-state index contributed by atoms with van der Waals surface area (Å²) in [5.74, 6) is -0.213. The number of benzene rings is 1. The van der Waals surface area contributed by atoms with Crippen molar-refractivity contribution >= 4 is 33.8 Å². The molecule has 0 amide bonds. The maximum atomic E-state index is 12.7. The fourth-order valence-electron chi connectivity index (χ4n) is 2.73. The molecule has 0 saturated carbocycles. The summed E-state index contributed by atoms with van der Waals surface area (Å²) in [4.78, 5) is 29.0. The number of hydrogen-bond acceptors (Lipinski definition) is 6. The van der Waals surface area contributed by atoms with Crippen molar-refractivity contribution in [3.63, 3.8) is 0 Å². The Hall–Kier alpha value is -2.74. The summed E-state index contributed by atoms with van der Waals surface area (Å²) in [5.41, 5.74) is 4.02. The second kappa shape index (κ2) is 8.30. The summed E-state index contributed by atoms with van der Waals surface area (Å²) in [6.45, 7) is 3.80. The second-order valence-corrected chi connectivity index (χ2v) is 6.93. The van der Waals surface area contributed by atoms with Gasteiger partial charge in [-0.3, -0.25) is 14.8 Å².